The van der Waals surface area contributed by atoms with Crippen molar-refractivity contribution in [1.82, 2.24) is 24.2 Å². The maximum absolute atomic E-state index is 12.5. The number of anilines is 2. The van der Waals surface area contributed by atoms with Gasteiger partial charge in [0.25, 0.3) is 0 Å². The molecule has 10 nitrogen and oxygen atoms in total. The van der Waals surface area contributed by atoms with Crippen LogP contribution in [0.25, 0.3) is 5.65 Å². The van der Waals surface area contributed by atoms with Crippen LogP contribution in [0.5, 0.6) is 0 Å². The van der Waals surface area contributed by atoms with Crippen molar-refractivity contribution in [1.29, 1.82) is 0 Å². The SMILES string of the molecule is Cc1ccc(NC(=O)Nc2cccn3cc(CN4CCN(C(=O)OC(C)(C)C)CC4)nc23)cn1. The lowest BCUT2D eigenvalue weighted by molar-refractivity contribution is 0.0138. The first-order chi connectivity index (χ1) is 16.2. The third kappa shape index (κ3) is 6.02. The highest BCUT2D eigenvalue weighted by molar-refractivity contribution is 6.01. The zero-order chi connectivity index (χ0) is 24.3. The van der Waals surface area contributed by atoms with Gasteiger partial charge >= 0.3 is 12.1 Å². The molecule has 1 fully saturated rings. The van der Waals surface area contributed by atoms with Crippen molar-refractivity contribution in [3.05, 3.63) is 54.2 Å². The van der Waals surface area contributed by atoms with Gasteiger partial charge in [-0.15, -0.1) is 0 Å². The average molecular weight is 466 g/mol. The molecule has 180 valence electrons. The first kappa shape index (κ1) is 23.5. The van der Waals surface area contributed by atoms with Crippen molar-refractivity contribution in [2.75, 3.05) is 36.8 Å². The van der Waals surface area contributed by atoms with E-state index in [1.807, 2.05) is 62.7 Å². The molecule has 1 aliphatic heterocycles. The van der Waals surface area contributed by atoms with Crippen LogP contribution in [-0.2, 0) is 11.3 Å². The smallest absolute Gasteiger partial charge is 0.410 e. The van der Waals surface area contributed by atoms with Gasteiger partial charge in [-0.25, -0.2) is 14.6 Å². The molecule has 4 rings (SSSR count). The number of urea groups is 1. The van der Waals surface area contributed by atoms with Crippen LogP contribution in [0.4, 0.5) is 21.0 Å². The zero-order valence-electron chi connectivity index (χ0n) is 20.0. The summed E-state index contributed by atoms with van der Waals surface area (Å²) in [4.78, 5) is 37.7. The van der Waals surface area contributed by atoms with E-state index in [1.165, 1.54) is 0 Å². The van der Waals surface area contributed by atoms with Gasteiger partial charge in [0.05, 0.1) is 23.3 Å². The molecule has 0 bridgehead atoms. The number of amides is 3. The Hall–Kier alpha value is -3.66. The number of imidazole rings is 1. The summed E-state index contributed by atoms with van der Waals surface area (Å²) >= 11 is 0. The molecule has 0 saturated carbocycles. The molecule has 0 spiro atoms. The van der Waals surface area contributed by atoms with Gasteiger partial charge < -0.3 is 24.7 Å². The van der Waals surface area contributed by atoms with Gasteiger partial charge in [0.15, 0.2) is 5.65 Å². The monoisotopic (exact) mass is 465 g/mol. The van der Waals surface area contributed by atoms with E-state index < -0.39 is 5.60 Å². The summed E-state index contributed by atoms with van der Waals surface area (Å²) in [7, 11) is 0. The summed E-state index contributed by atoms with van der Waals surface area (Å²) in [6.07, 6.45) is 5.21. The summed E-state index contributed by atoms with van der Waals surface area (Å²) < 4.78 is 7.37. The summed E-state index contributed by atoms with van der Waals surface area (Å²) in [5.74, 6) is 0. The molecule has 0 aromatic carbocycles. The van der Waals surface area contributed by atoms with Crippen LogP contribution in [0.15, 0.2) is 42.9 Å². The number of ether oxygens (including phenoxy) is 1. The fourth-order valence-corrected chi connectivity index (χ4v) is 3.71. The van der Waals surface area contributed by atoms with Crippen LogP contribution in [0.2, 0.25) is 0 Å². The van der Waals surface area contributed by atoms with Crippen molar-refractivity contribution in [3.8, 4) is 0 Å². The number of piperazine rings is 1. The minimum Gasteiger partial charge on any atom is -0.444 e. The van der Waals surface area contributed by atoms with E-state index in [-0.39, 0.29) is 12.1 Å². The molecule has 34 heavy (non-hydrogen) atoms. The third-order valence-corrected chi connectivity index (χ3v) is 5.36. The number of aryl methyl sites for hydroxylation is 1. The molecule has 0 unspecified atom stereocenters. The van der Waals surface area contributed by atoms with Gasteiger partial charge in [0.2, 0.25) is 0 Å². The van der Waals surface area contributed by atoms with E-state index in [4.69, 9.17) is 9.72 Å². The lowest BCUT2D eigenvalue weighted by Gasteiger charge is -2.35. The Labute approximate surface area is 198 Å². The second-order valence-electron chi connectivity index (χ2n) is 9.40. The molecule has 3 aromatic rings. The van der Waals surface area contributed by atoms with E-state index in [0.717, 1.165) is 24.5 Å². The maximum atomic E-state index is 12.5. The average Bonchev–Trinajstić information content (AvgIpc) is 3.18. The fourth-order valence-electron chi connectivity index (χ4n) is 3.71. The molecular formula is C24H31N7O3. The number of nitrogens with zero attached hydrogens (tertiary/aromatic N) is 5. The van der Waals surface area contributed by atoms with E-state index in [9.17, 15) is 9.59 Å². The van der Waals surface area contributed by atoms with Gasteiger partial charge in [-0.2, -0.15) is 0 Å². The van der Waals surface area contributed by atoms with Crippen LogP contribution in [-0.4, -0.2) is 68.1 Å². The van der Waals surface area contributed by atoms with Crippen molar-refractivity contribution in [2.45, 2.75) is 39.8 Å². The number of carbonyl (C=O) groups is 2. The predicted molar refractivity (Wildman–Crippen MR) is 130 cm³/mol. The minimum absolute atomic E-state index is 0.268. The number of rotatable bonds is 4. The molecule has 10 heteroatoms. The number of nitrogens with one attached hydrogen (secondary N) is 2. The van der Waals surface area contributed by atoms with Crippen molar-refractivity contribution >= 4 is 29.1 Å². The molecule has 1 saturated heterocycles. The molecule has 3 aromatic heterocycles. The Kier molecular flexibility index (Phi) is 6.69. The molecular weight excluding hydrogens is 434 g/mol. The molecule has 4 heterocycles. The highest BCUT2D eigenvalue weighted by atomic mass is 16.6. The number of pyridine rings is 2. The highest BCUT2D eigenvalue weighted by Gasteiger charge is 2.26. The van der Waals surface area contributed by atoms with Gasteiger partial charge in [-0.1, -0.05) is 0 Å². The number of hydrogen-bond acceptors (Lipinski definition) is 6. The van der Waals surface area contributed by atoms with E-state index in [0.29, 0.717) is 36.7 Å². The Balaban J connectivity index is 1.36. The summed E-state index contributed by atoms with van der Waals surface area (Å²) in [6, 6.07) is 6.96. The number of hydrogen-bond donors (Lipinski definition) is 2. The first-order valence-corrected chi connectivity index (χ1v) is 11.3. The van der Waals surface area contributed by atoms with Crippen molar-refractivity contribution in [2.24, 2.45) is 0 Å². The van der Waals surface area contributed by atoms with Gasteiger partial charge in [-0.3, -0.25) is 9.88 Å². The van der Waals surface area contributed by atoms with Gasteiger partial charge in [-0.05, 0) is 52.0 Å². The second-order valence-corrected chi connectivity index (χ2v) is 9.40. The van der Waals surface area contributed by atoms with E-state index in [1.54, 1.807) is 17.2 Å². The van der Waals surface area contributed by atoms with E-state index >= 15 is 0 Å². The highest BCUT2D eigenvalue weighted by Crippen LogP contribution is 2.19. The second kappa shape index (κ2) is 9.68. The number of aromatic nitrogens is 3. The zero-order valence-corrected chi connectivity index (χ0v) is 20.0. The van der Waals surface area contributed by atoms with Crippen molar-refractivity contribution in [3.63, 3.8) is 0 Å². The summed E-state index contributed by atoms with van der Waals surface area (Å²) in [5, 5.41) is 5.65. The Morgan fingerprint density at radius 3 is 2.53 bits per heavy atom. The lowest BCUT2D eigenvalue weighted by atomic mass is 10.2. The number of fused-ring (bicyclic) bond motifs is 1. The van der Waals surface area contributed by atoms with Crippen LogP contribution < -0.4 is 10.6 Å². The molecule has 3 amide bonds. The molecule has 1 aliphatic rings. The molecule has 0 aliphatic carbocycles. The summed E-state index contributed by atoms with van der Waals surface area (Å²) in [5.41, 5.74) is 3.17. The predicted octanol–water partition coefficient (Wildman–Crippen LogP) is 3.73. The third-order valence-electron chi connectivity index (χ3n) is 5.36. The van der Waals surface area contributed by atoms with Gasteiger partial charge in [0, 0.05) is 50.8 Å². The number of carbonyl (C=O) groups excluding carboxylic acids is 2. The fraction of sp³-hybridized carbons (Fsp3) is 0.417. The Morgan fingerprint density at radius 2 is 1.85 bits per heavy atom. The van der Waals surface area contributed by atoms with Crippen LogP contribution in [0.1, 0.15) is 32.2 Å². The van der Waals surface area contributed by atoms with E-state index in [2.05, 4.69) is 20.5 Å². The summed E-state index contributed by atoms with van der Waals surface area (Å²) in [6.45, 7) is 10.9. The standard InChI is InChI=1S/C24H31N7O3/c1-17-7-8-18(14-25-17)27-22(32)28-20-6-5-9-31-16-19(26-21(20)31)15-29-10-12-30(13-11-29)23(33)34-24(2,3)4/h5-9,14,16H,10-13,15H2,1-4H3,(H2,27,28,32). The Bertz CT molecular complexity index is 1160. The topological polar surface area (TPSA) is 104 Å². The lowest BCUT2D eigenvalue weighted by Crippen LogP contribution is -2.49. The van der Waals surface area contributed by atoms with Crippen LogP contribution >= 0.6 is 0 Å². The Morgan fingerprint density at radius 1 is 1.09 bits per heavy atom. The molecule has 0 radical (unpaired) electrons. The quantitative estimate of drug-likeness (QED) is 0.608. The van der Waals surface area contributed by atoms with Gasteiger partial charge in [0.1, 0.15) is 5.60 Å². The molecule has 2 N–H and O–H groups in total. The normalized spacial score (nSPS) is 14.8. The van der Waals surface area contributed by atoms with Crippen molar-refractivity contribution < 1.29 is 14.3 Å². The molecule has 0 atom stereocenters. The maximum Gasteiger partial charge on any atom is 0.410 e. The largest absolute Gasteiger partial charge is 0.444 e. The first-order valence-electron chi connectivity index (χ1n) is 11.3. The van der Waals surface area contributed by atoms with Crippen LogP contribution in [0.3, 0.4) is 0 Å². The minimum atomic E-state index is -0.496. The van der Waals surface area contributed by atoms with Crippen LogP contribution in [0, 0.1) is 6.92 Å².